The van der Waals surface area contributed by atoms with Crippen molar-refractivity contribution >= 4 is 11.0 Å². The van der Waals surface area contributed by atoms with E-state index in [1.54, 1.807) is 12.3 Å². The number of alkyl halides is 3. The molecule has 1 aromatic carbocycles. The van der Waals surface area contributed by atoms with Gasteiger partial charge in [-0.15, -0.1) is 0 Å². The number of aromatic amines is 1. The van der Waals surface area contributed by atoms with Crippen molar-refractivity contribution < 1.29 is 13.2 Å². The van der Waals surface area contributed by atoms with Crippen LogP contribution < -0.4 is 5.32 Å². The fourth-order valence-corrected chi connectivity index (χ4v) is 2.54. The third-order valence-corrected chi connectivity index (χ3v) is 3.86. The lowest BCUT2D eigenvalue weighted by Gasteiger charge is -2.16. The highest BCUT2D eigenvalue weighted by molar-refractivity contribution is 5.79. The van der Waals surface area contributed by atoms with E-state index in [-0.39, 0.29) is 6.04 Å². The molecule has 0 amide bonds. The van der Waals surface area contributed by atoms with Crippen LogP contribution in [-0.4, -0.2) is 9.97 Å². The fourth-order valence-electron chi connectivity index (χ4n) is 2.54. The quantitative estimate of drug-likeness (QED) is 0.747. The summed E-state index contributed by atoms with van der Waals surface area (Å²) in [6.45, 7) is 2.40. The molecule has 6 heteroatoms. The first kappa shape index (κ1) is 15.6. The Labute approximate surface area is 131 Å². The second-order valence-electron chi connectivity index (χ2n) is 5.44. The van der Waals surface area contributed by atoms with E-state index in [4.69, 9.17) is 0 Å². The summed E-state index contributed by atoms with van der Waals surface area (Å²) in [4.78, 5) is 7.26. The van der Waals surface area contributed by atoms with Crippen LogP contribution in [0, 0.1) is 0 Å². The molecule has 1 atom stereocenters. The number of H-pyrrole nitrogens is 1. The first-order valence-corrected chi connectivity index (χ1v) is 7.26. The van der Waals surface area contributed by atoms with Crippen LogP contribution >= 0.6 is 0 Å². The second kappa shape index (κ2) is 6.04. The maximum absolute atomic E-state index is 12.8. The van der Waals surface area contributed by atoms with Crippen molar-refractivity contribution in [3.05, 3.63) is 65.5 Å². The zero-order chi connectivity index (χ0) is 16.4. The van der Waals surface area contributed by atoms with Crippen molar-refractivity contribution in [2.45, 2.75) is 25.7 Å². The van der Waals surface area contributed by atoms with E-state index in [1.165, 1.54) is 12.1 Å². The third-order valence-electron chi connectivity index (χ3n) is 3.86. The SMILES string of the molecule is C[C@@H](NCc1ccnc2[nH]ccc12)c1cccc(C(F)(F)F)c1. The summed E-state index contributed by atoms with van der Waals surface area (Å²) in [5.74, 6) is 0. The predicted molar refractivity (Wildman–Crippen MR) is 82.8 cm³/mol. The van der Waals surface area contributed by atoms with Crippen LogP contribution in [0.25, 0.3) is 11.0 Å². The third kappa shape index (κ3) is 3.37. The van der Waals surface area contributed by atoms with E-state index in [1.807, 2.05) is 25.3 Å². The number of rotatable bonds is 4. The minimum absolute atomic E-state index is 0.195. The molecular formula is C17H16F3N3. The van der Waals surface area contributed by atoms with E-state index in [2.05, 4.69) is 15.3 Å². The zero-order valence-electron chi connectivity index (χ0n) is 12.5. The van der Waals surface area contributed by atoms with Crippen LogP contribution in [0.5, 0.6) is 0 Å². The zero-order valence-corrected chi connectivity index (χ0v) is 12.5. The molecule has 0 aliphatic carbocycles. The highest BCUT2D eigenvalue weighted by atomic mass is 19.4. The van der Waals surface area contributed by atoms with Crippen LogP contribution in [-0.2, 0) is 12.7 Å². The number of halogens is 3. The van der Waals surface area contributed by atoms with Crippen LogP contribution in [0.15, 0.2) is 48.8 Å². The van der Waals surface area contributed by atoms with Gasteiger partial charge in [0.25, 0.3) is 0 Å². The number of hydrogen-bond donors (Lipinski definition) is 2. The van der Waals surface area contributed by atoms with Gasteiger partial charge in [-0.05, 0) is 42.3 Å². The Hall–Kier alpha value is -2.34. The molecule has 23 heavy (non-hydrogen) atoms. The molecule has 3 aromatic rings. The Kier molecular flexibility index (Phi) is 4.09. The van der Waals surface area contributed by atoms with Gasteiger partial charge in [-0.2, -0.15) is 13.2 Å². The monoisotopic (exact) mass is 319 g/mol. The summed E-state index contributed by atoms with van der Waals surface area (Å²) in [6, 6.07) is 9.06. The van der Waals surface area contributed by atoms with E-state index >= 15 is 0 Å². The van der Waals surface area contributed by atoms with Gasteiger partial charge in [0.1, 0.15) is 5.65 Å². The minimum Gasteiger partial charge on any atom is -0.346 e. The van der Waals surface area contributed by atoms with Gasteiger partial charge in [-0.3, -0.25) is 0 Å². The molecule has 3 nitrogen and oxygen atoms in total. The molecule has 3 rings (SSSR count). The normalized spacial score (nSPS) is 13.4. The number of benzene rings is 1. The van der Waals surface area contributed by atoms with Gasteiger partial charge in [0.05, 0.1) is 5.56 Å². The van der Waals surface area contributed by atoms with Crippen LogP contribution in [0.2, 0.25) is 0 Å². The number of nitrogens with one attached hydrogen (secondary N) is 2. The van der Waals surface area contributed by atoms with Crippen molar-refractivity contribution in [1.82, 2.24) is 15.3 Å². The molecule has 120 valence electrons. The summed E-state index contributed by atoms with van der Waals surface area (Å²) in [6.07, 6.45) is -0.791. The highest BCUT2D eigenvalue weighted by Crippen LogP contribution is 2.30. The van der Waals surface area contributed by atoms with Gasteiger partial charge in [0.2, 0.25) is 0 Å². The molecule has 2 N–H and O–H groups in total. The van der Waals surface area contributed by atoms with Crippen LogP contribution in [0.3, 0.4) is 0 Å². The number of nitrogens with zero attached hydrogens (tertiary/aromatic N) is 1. The molecule has 0 aliphatic rings. The van der Waals surface area contributed by atoms with Crippen molar-refractivity contribution in [1.29, 1.82) is 0 Å². The highest BCUT2D eigenvalue weighted by Gasteiger charge is 2.30. The number of aromatic nitrogens is 2. The van der Waals surface area contributed by atoms with Gasteiger partial charge in [0, 0.05) is 30.4 Å². The summed E-state index contributed by atoms with van der Waals surface area (Å²) in [5.41, 5.74) is 1.84. The van der Waals surface area contributed by atoms with Gasteiger partial charge in [0.15, 0.2) is 0 Å². The Morgan fingerprint density at radius 3 is 2.83 bits per heavy atom. The largest absolute Gasteiger partial charge is 0.416 e. The van der Waals surface area contributed by atoms with Crippen LogP contribution in [0.4, 0.5) is 13.2 Å². The maximum atomic E-state index is 12.8. The summed E-state index contributed by atoms with van der Waals surface area (Å²) in [5, 5.41) is 4.28. The molecule has 0 aliphatic heterocycles. The molecule has 2 heterocycles. The Morgan fingerprint density at radius 2 is 2.04 bits per heavy atom. The van der Waals surface area contributed by atoms with E-state index < -0.39 is 11.7 Å². The first-order chi connectivity index (χ1) is 10.9. The van der Waals surface area contributed by atoms with Crippen molar-refractivity contribution in [2.75, 3.05) is 0 Å². The number of pyridine rings is 1. The lowest BCUT2D eigenvalue weighted by molar-refractivity contribution is -0.137. The Balaban J connectivity index is 1.75. The first-order valence-electron chi connectivity index (χ1n) is 7.26. The van der Waals surface area contributed by atoms with Gasteiger partial charge >= 0.3 is 6.18 Å². The summed E-state index contributed by atoms with van der Waals surface area (Å²) in [7, 11) is 0. The Morgan fingerprint density at radius 1 is 1.22 bits per heavy atom. The summed E-state index contributed by atoms with van der Waals surface area (Å²) < 4.78 is 38.4. The lowest BCUT2D eigenvalue weighted by atomic mass is 10.0. The molecule has 0 bridgehead atoms. The average Bonchev–Trinajstić information content (AvgIpc) is 3.01. The standard InChI is InChI=1S/C17H16F3N3/c1-11(12-3-2-4-14(9-12)17(18,19)20)23-10-13-5-7-21-16-15(13)6-8-22-16/h2-9,11,23H,10H2,1H3,(H,21,22)/t11-/m1/s1. The topological polar surface area (TPSA) is 40.7 Å². The van der Waals surface area contributed by atoms with Gasteiger partial charge < -0.3 is 10.3 Å². The second-order valence-corrected chi connectivity index (χ2v) is 5.44. The molecule has 0 fully saturated rings. The van der Waals surface area contributed by atoms with Gasteiger partial charge in [-0.25, -0.2) is 4.98 Å². The number of fused-ring (bicyclic) bond motifs is 1. The number of hydrogen-bond acceptors (Lipinski definition) is 2. The maximum Gasteiger partial charge on any atom is 0.416 e. The lowest BCUT2D eigenvalue weighted by Crippen LogP contribution is -2.19. The van der Waals surface area contributed by atoms with E-state index in [0.29, 0.717) is 12.1 Å². The van der Waals surface area contributed by atoms with Crippen LogP contribution in [0.1, 0.15) is 29.7 Å². The fraction of sp³-hybridized carbons (Fsp3) is 0.235. The molecule has 0 radical (unpaired) electrons. The molecule has 0 unspecified atom stereocenters. The van der Waals surface area contributed by atoms with Gasteiger partial charge in [-0.1, -0.05) is 12.1 Å². The molecular weight excluding hydrogens is 303 g/mol. The summed E-state index contributed by atoms with van der Waals surface area (Å²) >= 11 is 0. The average molecular weight is 319 g/mol. The molecule has 0 saturated heterocycles. The van der Waals surface area contributed by atoms with E-state index in [0.717, 1.165) is 22.7 Å². The molecule has 0 spiro atoms. The predicted octanol–water partition coefficient (Wildman–Crippen LogP) is 4.43. The van der Waals surface area contributed by atoms with Crippen molar-refractivity contribution in [2.24, 2.45) is 0 Å². The van der Waals surface area contributed by atoms with Crippen molar-refractivity contribution in [3.8, 4) is 0 Å². The molecule has 0 saturated carbocycles. The molecule has 2 aromatic heterocycles. The Bertz CT molecular complexity index is 808. The minimum atomic E-state index is -4.32. The van der Waals surface area contributed by atoms with Crippen molar-refractivity contribution in [3.63, 3.8) is 0 Å². The van der Waals surface area contributed by atoms with E-state index in [9.17, 15) is 13.2 Å². The smallest absolute Gasteiger partial charge is 0.346 e.